The van der Waals surface area contributed by atoms with Crippen molar-refractivity contribution in [2.45, 2.75) is 45.7 Å². The van der Waals surface area contributed by atoms with Crippen LogP contribution in [0.2, 0.25) is 5.02 Å². The lowest BCUT2D eigenvalue weighted by Gasteiger charge is -2.29. The molecule has 2 rings (SSSR count). The Hall–Kier alpha value is -0.570. The van der Waals surface area contributed by atoms with Crippen LogP contribution in [-0.2, 0) is 6.54 Å². The van der Waals surface area contributed by atoms with Gasteiger partial charge in [0.1, 0.15) is 0 Å². The molecule has 2 nitrogen and oxygen atoms in total. The molecule has 1 saturated heterocycles. The van der Waals surface area contributed by atoms with E-state index in [0.717, 1.165) is 23.7 Å². The van der Waals surface area contributed by atoms with Crippen LogP contribution < -0.4 is 5.32 Å². The lowest BCUT2D eigenvalue weighted by atomic mass is 10.1. The maximum atomic E-state index is 6.05. The van der Waals surface area contributed by atoms with Gasteiger partial charge in [0.25, 0.3) is 0 Å². The zero-order chi connectivity index (χ0) is 13.7. The van der Waals surface area contributed by atoms with Crippen LogP contribution in [0.4, 0.5) is 0 Å². The molecule has 0 amide bonds. The Labute approximate surface area is 122 Å². The SMILES string of the molecule is Cc1cc(CNC(C)CN2CCCCC2)ccc1Cl. The van der Waals surface area contributed by atoms with Gasteiger partial charge in [-0.15, -0.1) is 0 Å². The lowest BCUT2D eigenvalue weighted by molar-refractivity contribution is 0.209. The quantitative estimate of drug-likeness (QED) is 0.886. The molecule has 0 aliphatic carbocycles. The third-order valence-corrected chi connectivity index (χ3v) is 4.28. The highest BCUT2D eigenvalue weighted by Gasteiger charge is 2.12. The molecule has 1 N–H and O–H groups in total. The highest BCUT2D eigenvalue weighted by Crippen LogP contribution is 2.16. The molecule has 0 saturated carbocycles. The number of halogens is 1. The Kier molecular flexibility index (Phi) is 5.68. The maximum absolute atomic E-state index is 6.05. The van der Waals surface area contributed by atoms with Crippen LogP contribution in [0.25, 0.3) is 0 Å². The van der Waals surface area contributed by atoms with E-state index < -0.39 is 0 Å². The maximum Gasteiger partial charge on any atom is 0.0435 e. The van der Waals surface area contributed by atoms with Crippen molar-refractivity contribution in [3.8, 4) is 0 Å². The molecule has 1 fully saturated rings. The predicted molar refractivity (Wildman–Crippen MR) is 82.8 cm³/mol. The molecule has 0 bridgehead atoms. The van der Waals surface area contributed by atoms with Crippen molar-refractivity contribution in [3.05, 3.63) is 34.3 Å². The first-order chi connectivity index (χ1) is 9.15. The van der Waals surface area contributed by atoms with Crippen molar-refractivity contribution in [1.82, 2.24) is 10.2 Å². The van der Waals surface area contributed by atoms with Gasteiger partial charge < -0.3 is 10.2 Å². The van der Waals surface area contributed by atoms with Gasteiger partial charge in [0.05, 0.1) is 0 Å². The van der Waals surface area contributed by atoms with E-state index >= 15 is 0 Å². The van der Waals surface area contributed by atoms with Gasteiger partial charge in [0.15, 0.2) is 0 Å². The van der Waals surface area contributed by atoms with E-state index in [2.05, 4.69) is 36.2 Å². The Morgan fingerprint density at radius 3 is 2.68 bits per heavy atom. The monoisotopic (exact) mass is 280 g/mol. The van der Waals surface area contributed by atoms with Gasteiger partial charge in [-0.25, -0.2) is 0 Å². The average molecular weight is 281 g/mol. The molecule has 1 unspecified atom stereocenters. The summed E-state index contributed by atoms with van der Waals surface area (Å²) >= 11 is 6.05. The normalized spacial score (nSPS) is 18.5. The molecule has 19 heavy (non-hydrogen) atoms. The van der Waals surface area contributed by atoms with Crippen LogP contribution in [0.5, 0.6) is 0 Å². The fourth-order valence-electron chi connectivity index (χ4n) is 2.70. The summed E-state index contributed by atoms with van der Waals surface area (Å²) in [5.41, 5.74) is 2.47. The molecule has 1 heterocycles. The largest absolute Gasteiger partial charge is 0.309 e. The van der Waals surface area contributed by atoms with E-state index in [1.165, 1.54) is 37.9 Å². The van der Waals surface area contributed by atoms with Gasteiger partial charge in [-0.1, -0.05) is 30.2 Å². The Bertz CT molecular complexity index is 400. The number of benzene rings is 1. The molecule has 1 aliphatic rings. The van der Waals surface area contributed by atoms with E-state index in [0.29, 0.717) is 6.04 Å². The third kappa shape index (κ3) is 4.79. The highest BCUT2D eigenvalue weighted by atomic mass is 35.5. The summed E-state index contributed by atoms with van der Waals surface area (Å²) in [6, 6.07) is 6.80. The van der Waals surface area contributed by atoms with Crippen molar-refractivity contribution in [2.24, 2.45) is 0 Å². The number of hydrogen-bond acceptors (Lipinski definition) is 2. The van der Waals surface area contributed by atoms with Crippen LogP contribution >= 0.6 is 11.6 Å². The fourth-order valence-corrected chi connectivity index (χ4v) is 2.82. The number of nitrogens with one attached hydrogen (secondary N) is 1. The topological polar surface area (TPSA) is 15.3 Å². The summed E-state index contributed by atoms with van der Waals surface area (Å²) in [6.45, 7) is 8.96. The summed E-state index contributed by atoms with van der Waals surface area (Å²) < 4.78 is 0. The van der Waals surface area contributed by atoms with Crippen LogP contribution in [0, 0.1) is 6.92 Å². The average Bonchev–Trinajstić information content (AvgIpc) is 2.41. The van der Waals surface area contributed by atoms with Gasteiger partial charge in [-0.05, 0) is 57.0 Å². The van der Waals surface area contributed by atoms with E-state index in [-0.39, 0.29) is 0 Å². The summed E-state index contributed by atoms with van der Waals surface area (Å²) in [6.07, 6.45) is 4.13. The van der Waals surface area contributed by atoms with Crippen LogP contribution in [0.15, 0.2) is 18.2 Å². The Balaban J connectivity index is 1.75. The third-order valence-electron chi connectivity index (χ3n) is 3.86. The van der Waals surface area contributed by atoms with Gasteiger partial charge in [0, 0.05) is 24.2 Å². The molecule has 1 aliphatic heterocycles. The number of aryl methyl sites for hydroxylation is 1. The number of likely N-dealkylation sites (tertiary alicyclic amines) is 1. The summed E-state index contributed by atoms with van der Waals surface area (Å²) in [5, 5.41) is 4.46. The Morgan fingerprint density at radius 1 is 1.26 bits per heavy atom. The summed E-state index contributed by atoms with van der Waals surface area (Å²) in [4.78, 5) is 2.58. The zero-order valence-electron chi connectivity index (χ0n) is 12.1. The second-order valence-electron chi connectivity index (χ2n) is 5.73. The number of rotatable bonds is 5. The van der Waals surface area contributed by atoms with Gasteiger partial charge in [-0.2, -0.15) is 0 Å². The van der Waals surface area contributed by atoms with E-state index in [4.69, 9.17) is 11.6 Å². The van der Waals surface area contributed by atoms with Crippen molar-refractivity contribution in [3.63, 3.8) is 0 Å². The molecule has 0 radical (unpaired) electrons. The molecule has 0 aromatic heterocycles. The van der Waals surface area contributed by atoms with Crippen molar-refractivity contribution >= 4 is 11.6 Å². The zero-order valence-corrected chi connectivity index (χ0v) is 12.8. The van der Waals surface area contributed by atoms with Crippen molar-refractivity contribution in [2.75, 3.05) is 19.6 Å². The first-order valence-corrected chi connectivity index (χ1v) is 7.74. The Morgan fingerprint density at radius 2 is 2.00 bits per heavy atom. The number of piperidine rings is 1. The summed E-state index contributed by atoms with van der Waals surface area (Å²) in [7, 11) is 0. The summed E-state index contributed by atoms with van der Waals surface area (Å²) in [5.74, 6) is 0. The molecule has 106 valence electrons. The van der Waals surface area contributed by atoms with Gasteiger partial charge >= 0.3 is 0 Å². The second kappa shape index (κ2) is 7.28. The van der Waals surface area contributed by atoms with Crippen molar-refractivity contribution < 1.29 is 0 Å². The fraction of sp³-hybridized carbons (Fsp3) is 0.625. The molecule has 1 atom stereocenters. The van der Waals surface area contributed by atoms with E-state index in [1.807, 2.05) is 6.07 Å². The minimum Gasteiger partial charge on any atom is -0.309 e. The molecule has 0 spiro atoms. The standard InChI is InChI=1S/C16H25ClN2/c1-13-10-15(6-7-16(13)17)11-18-14(2)12-19-8-4-3-5-9-19/h6-7,10,14,18H,3-5,8-9,11-12H2,1-2H3. The minimum atomic E-state index is 0.536. The second-order valence-corrected chi connectivity index (χ2v) is 6.13. The van der Waals surface area contributed by atoms with Crippen LogP contribution in [-0.4, -0.2) is 30.6 Å². The smallest absolute Gasteiger partial charge is 0.0435 e. The van der Waals surface area contributed by atoms with Crippen LogP contribution in [0.3, 0.4) is 0 Å². The lowest BCUT2D eigenvalue weighted by Crippen LogP contribution is -2.41. The first-order valence-electron chi connectivity index (χ1n) is 7.36. The molecule has 3 heteroatoms. The molecular weight excluding hydrogens is 256 g/mol. The predicted octanol–water partition coefficient (Wildman–Crippen LogP) is 3.61. The number of hydrogen-bond donors (Lipinski definition) is 1. The molecule has 1 aromatic rings. The number of nitrogens with zero attached hydrogens (tertiary/aromatic N) is 1. The van der Waals surface area contributed by atoms with Gasteiger partial charge in [-0.3, -0.25) is 0 Å². The molecular formula is C16H25ClN2. The van der Waals surface area contributed by atoms with Crippen molar-refractivity contribution in [1.29, 1.82) is 0 Å². The van der Waals surface area contributed by atoms with Gasteiger partial charge in [0.2, 0.25) is 0 Å². The van der Waals surface area contributed by atoms with E-state index in [1.54, 1.807) is 0 Å². The van der Waals surface area contributed by atoms with Crippen LogP contribution in [0.1, 0.15) is 37.3 Å². The highest BCUT2D eigenvalue weighted by molar-refractivity contribution is 6.31. The minimum absolute atomic E-state index is 0.536. The van der Waals surface area contributed by atoms with E-state index in [9.17, 15) is 0 Å². The first kappa shape index (κ1) is 14.8. The molecule has 1 aromatic carbocycles.